The summed E-state index contributed by atoms with van der Waals surface area (Å²) in [5, 5.41) is 2.91. The molecular formula is C16H23N3O3. The first-order valence-corrected chi connectivity index (χ1v) is 7.70. The Morgan fingerprint density at radius 1 is 1.18 bits per heavy atom. The second-order valence-corrected chi connectivity index (χ2v) is 5.44. The maximum atomic E-state index is 11.6. The van der Waals surface area contributed by atoms with Gasteiger partial charge in [-0.05, 0) is 12.5 Å². The molecule has 1 heterocycles. The lowest BCUT2D eigenvalue weighted by Crippen LogP contribution is -2.49. The molecule has 1 aromatic rings. The van der Waals surface area contributed by atoms with Crippen LogP contribution < -0.4 is 0 Å². The smallest absolute Gasteiger partial charge is 0.335 e. The lowest BCUT2D eigenvalue weighted by atomic mass is 10.2. The van der Waals surface area contributed by atoms with Gasteiger partial charge < -0.3 is 4.74 Å². The number of hydrogen-bond acceptors (Lipinski definition) is 6. The zero-order valence-corrected chi connectivity index (χ0v) is 13.0. The summed E-state index contributed by atoms with van der Waals surface area (Å²) >= 11 is 0. The van der Waals surface area contributed by atoms with Crippen LogP contribution in [0.25, 0.3) is 0 Å². The number of piperazine rings is 1. The number of rotatable bonds is 7. The van der Waals surface area contributed by atoms with E-state index in [1.807, 2.05) is 18.2 Å². The van der Waals surface area contributed by atoms with Crippen LogP contribution in [-0.4, -0.2) is 61.1 Å². The maximum absolute atomic E-state index is 11.6. The largest absolute Gasteiger partial charge is 0.464 e. The molecule has 0 aromatic heterocycles. The van der Waals surface area contributed by atoms with Crippen molar-refractivity contribution in [3.05, 3.63) is 40.8 Å². The molecule has 1 fully saturated rings. The number of ether oxygens (including phenoxy) is 1. The van der Waals surface area contributed by atoms with E-state index in [1.54, 1.807) is 6.92 Å². The van der Waals surface area contributed by atoms with Crippen LogP contribution in [0, 0.1) is 4.91 Å². The van der Waals surface area contributed by atoms with Gasteiger partial charge >= 0.3 is 5.97 Å². The molecule has 0 spiro atoms. The number of carbonyl (C=O) groups is 1. The van der Waals surface area contributed by atoms with Crippen molar-refractivity contribution in [3.8, 4) is 0 Å². The third kappa shape index (κ3) is 4.89. The molecule has 1 saturated heterocycles. The fraction of sp³-hybridized carbons (Fsp3) is 0.562. The molecule has 0 aliphatic carbocycles. The quantitative estimate of drug-likeness (QED) is 0.564. The van der Waals surface area contributed by atoms with Crippen LogP contribution in [0.1, 0.15) is 12.5 Å². The summed E-state index contributed by atoms with van der Waals surface area (Å²) in [5.74, 6) is -0.524. The molecule has 0 saturated carbocycles. The molecule has 1 aromatic carbocycles. The zero-order valence-electron chi connectivity index (χ0n) is 13.0. The average molecular weight is 305 g/mol. The monoisotopic (exact) mass is 305 g/mol. The summed E-state index contributed by atoms with van der Waals surface area (Å²) in [5.41, 5.74) is 1.30. The van der Waals surface area contributed by atoms with Gasteiger partial charge in [-0.25, -0.2) is 4.79 Å². The van der Waals surface area contributed by atoms with Gasteiger partial charge in [-0.1, -0.05) is 35.5 Å². The van der Waals surface area contributed by atoms with Crippen molar-refractivity contribution in [2.75, 3.05) is 39.3 Å². The molecule has 1 aliphatic rings. The summed E-state index contributed by atoms with van der Waals surface area (Å²) in [4.78, 5) is 26.9. The molecule has 0 bridgehead atoms. The predicted molar refractivity (Wildman–Crippen MR) is 84.4 cm³/mol. The molecule has 6 nitrogen and oxygen atoms in total. The van der Waals surface area contributed by atoms with Crippen LogP contribution in [-0.2, 0) is 16.1 Å². The third-order valence-electron chi connectivity index (χ3n) is 3.83. The fourth-order valence-electron chi connectivity index (χ4n) is 2.61. The average Bonchev–Trinajstić information content (AvgIpc) is 2.55. The molecule has 120 valence electrons. The summed E-state index contributed by atoms with van der Waals surface area (Å²) < 4.78 is 4.87. The molecule has 0 amide bonds. The van der Waals surface area contributed by atoms with Gasteiger partial charge in [0.05, 0.1) is 6.61 Å². The van der Waals surface area contributed by atoms with E-state index in [1.165, 1.54) is 5.56 Å². The summed E-state index contributed by atoms with van der Waals surface area (Å²) in [6.45, 7) is 6.78. The van der Waals surface area contributed by atoms with Crippen LogP contribution in [0.5, 0.6) is 0 Å². The van der Waals surface area contributed by atoms with Gasteiger partial charge in [-0.15, -0.1) is 4.91 Å². The van der Waals surface area contributed by atoms with Crippen molar-refractivity contribution < 1.29 is 9.53 Å². The van der Waals surface area contributed by atoms with Crippen LogP contribution in [0.4, 0.5) is 0 Å². The van der Waals surface area contributed by atoms with Crippen molar-refractivity contribution >= 4 is 5.97 Å². The van der Waals surface area contributed by atoms with Gasteiger partial charge in [0.2, 0.25) is 6.04 Å². The Morgan fingerprint density at radius 3 is 2.41 bits per heavy atom. The fourth-order valence-corrected chi connectivity index (χ4v) is 2.61. The van der Waals surface area contributed by atoms with Crippen molar-refractivity contribution in [2.24, 2.45) is 5.18 Å². The van der Waals surface area contributed by atoms with E-state index in [4.69, 9.17) is 4.74 Å². The lowest BCUT2D eigenvalue weighted by Gasteiger charge is -2.35. The summed E-state index contributed by atoms with van der Waals surface area (Å²) in [6.07, 6.45) is 0. The number of benzene rings is 1. The Kier molecular flexibility index (Phi) is 6.48. The Hall–Kier alpha value is -1.79. The first kappa shape index (κ1) is 16.6. The minimum absolute atomic E-state index is 0.274. The van der Waals surface area contributed by atoms with Gasteiger partial charge in [0.25, 0.3) is 0 Å². The second-order valence-electron chi connectivity index (χ2n) is 5.44. The Morgan fingerprint density at radius 2 is 1.82 bits per heavy atom. The van der Waals surface area contributed by atoms with E-state index in [-0.39, 0.29) is 6.61 Å². The van der Waals surface area contributed by atoms with E-state index >= 15 is 0 Å². The summed E-state index contributed by atoms with van der Waals surface area (Å²) in [7, 11) is 0. The standard InChI is InChI=1S/C16H23N3O3/c1-2-22-16(20)15(17-21)13-19-10-8-18(9-11-19)12-14-6-4-3-5-7-14/h3-7,15H,2,8-13H2,1H3. The number of nitroso groups, excluding NO2 is 1. The maximum Gasteiger partial charge on any atom is 0.335 e. The number of carbonyl (C=O) groups excluding carboxylic acids is 1. The lowest BCUT2D eigenvalue weighted by molar-refractivity contribution is -0.145. The molecule has 1 aliphatic heterocycles. The van der Waals surface area contributed by atoms with Crippen LogP contribution in [0.3, 0.4) is 0 Å². The molecule has 1 atom stereocenters. The van der Waals surface area contributed by atoms with Crippen LogP contribution in [0.2, 0.25) is 0 Å². The van der Waals surface area contributed by atoms with E-state index in [9.17, 15) is 9.70 Å². The van der Waals surface area contributed by atoms with Gasteiger partial charge in [0, 0.05) is 39.3 Å². The predicted octanol–water partition coefficient (Wildman–Crippen LogP) is 1.50. The van der Waals surface area contributed by atoms with E-state index in [0.717, 1.165) is 32.7 Å². The molecule has 2 rings (SSSR count). The molecule has 6 heteroatoms. The van der Waals surface area contributed by atoms with Crippen molar-refractivity contribution in [2.45, 2.75) is 19.5 Å². The highest BCUT2D eigenvalue weighted by atomic mass is 16.5. The molecule has 1 unspecified atom stereocenters. The van der Waals surface area contributed by atoms with Crippen molar-refractivity contribution in [3.63, 3.8) is 0 Å². The molecule has 0 N–H and O–H groups in total. The third-order valence-corrected chi connectivity index (χ3v) is 3.83. The highest BCUT2D eigenvalue weighted by Gasteiger charge is 2.26. The Bertz CT molecular complexity index is 473. The topological polar surface area (TPSA) is 62.2 Å². The van der Waals surface area contributed by atoms with Crippen molar-refractivity contribution in [1.82, 2.24) is 9.80 Å². The second kappa shape index (κ2) is 8.60. The number of hydrogen-bond donors (Lipinski definition) is 0. The van der Waals surface area contributed by atoms with Crippen molar-refractivity contribution in [1.29, 1.82) is 0 Å². The first-order valence-electron chi connectivity index (χ1n) is 7.70. The van der Waals surface area contributed by atoms with Gasteiger partial charge in [0.15, 0.2) is 0 Å². The summed E-state index contributed by atoms with van der Waals surface area (Å²) in [6, 6.07) is 9.44. The highest BCUT2D eigenvalue weighted by molar-refractivity contribution is 5.76. The van der Waals surface area contributed by atoms with Gasteiger partial charge in [-0.3, -0.25) is 9.80 Å². The Balaban J connectivity index is 1.77. The molecular weight excluding hydrogens is 282 g/mol. The number of nitrogens with zero attached hydrogens (tertiary/aromatic N) is 3. The van der Waals surface area contributed by atoms with Crippen LogP contribution >= 0.6 is 0 Å². The first-order chi connectivity index (χ1) is 10.7. The minimum atomic E-state index is -0.916. The molecule has 0 radical (unpaired) electrons. The van der Waals surface area contributed by atoms with E-state index in [2.05, 4.69) is 27.1 Å². The van der Waals surface area contributed by atoms with E-state index in [0.29, 0.717) is 6.54 Å². The van der Waals surface area contributed by atoms with Crippen LogP contribution in [0.15, 0.2) is 35.5 Å². The van der Waals surface area contributed by atoms with Gasteiger partial charge in [0.1, 0.15) is 0 Å². The van der Waals surface area contributed by atoms with Gasteiger partial charge in [-0.2, -0.15) is 0 Å². The zero-order chi connectivity index (χ0) is 15.8. The molecule has 22 heavy (non-hydrogen) atoms. The normalized spacial score (nSPS) is 17.9. The van der Waals surface area contributed by atoms with E-state index < -0.39 is 12.0 Å². The SMILES string of the molecule is CCOC(=O)C(CN1CCN(Cc2ccccc2)CC1)N=O. The number of esters is 1. The highest BCUT2D eigenvalue weighted by Crippen LogP contribution is 2.09. The Labute approximate surface area is 131 Å². The minimum Gasteiger partial charge on any atom is -0.464 e.